The Balaban J connectivity index is 3.55. The minimum absolute atomic E-state index is 0.259. The van der Waals surface area contributed by atoms with Crippen LogP contribution in [0.4, 0.5) is 4.79 Å². The molecule has 0 radical (unpaired) electrons. The number of halogens is 6. The van der Waals surface area contributed by atoms with E-state index in [4.69, 9.17) is 9.47 Å². The molecule has 0 saturated carbocycles. The molecule has 0 aromatic carbocycles. The van der Waals surface area contributed by atoms with Crippen LogP contribution in [0.25, 0.3) is 0 Å². The van der Waals surface area contributed by atoms with Crippen molar-refractivity contribution in [3.63, 3.8) is 0 Å². The van der Waals surface area contributed by atoms with Gasteiger partial charge >= 0.3 is 6.16 Å². The molecule has 120 valence electrons. The monoisotopic (exact) mass is 670 g/mol. The van der Waals surface area contributed by atoms with Crippen LogP contribution in [0.2, 0.25) is 0 Å². The number of carbonyl (C=O) groups is 1. The lowest BCUT2D eigenvalue weighted by Gasteiger charge is -2.12. The highest BCUT2D eigenvalue weighted by atomic mass is 79.9. The van der Waals surface area contributed by atoms with Gasteiger partial charge in [0.1, 0.15) is 0 Å². The normalized spacial score (nSPS) is 14.4. The fraction of sp³-hybridized carbons (Fsp3) is 0.909. The van der Waals surface area contributed by atoms with Gasteiger partial charge in [0.25, 0.3) is 0 Å². The van der Waals surface area contributed by atoms with Crippen LogP contribution in [0.15, 0.2) is 0 Å². The van der Waals surface area contributed by atoms with Gasteiger partial charge in [-0.05, 0) is 25.7 Å². The molecule has 3 nitrogen and oxygen atoms in total. The standard InChI is InChI=1S/C11H16Br6O3/c12-7(5-9(14)15)1-3-19-11(18)20-4-2-8(13)6-10(16)17/h7-10H,1-6H2. The van der Waals surface area contributed by atoms with Gasteiger partial charge in [-0.3, -0.25) is 0 Å². The van der Waals surface area contributed by atoms with Crippen LogP contribution in [0.3, 0.4) is 0 Å². The van der Waals surface area contributed by atoms with Gasteiger partial charge in [-0.15, -0.1) is 0 Å². The molecule has 20 heavy (non-hydrogen) atoms. The summed E-state index contributed by atoms with van der Waals surface area (Å²) in [6.07, 6.45) is 2.71. The zero-order chi connectivity index (χ0) is 15.5. The van der Waals surface area contributed by atoms with E-state index in [9.17, 15) is 4.79 Å². The van der Waals surface area contributed by atoms with E-state index < -0.39 is 6.16 Å². The molecule has 0 heterocycles. The Labute approximate surface area is 170 Å². The quantitative estimate of drug-likeness (QED) is 0.197. The van der Waals surface area contributed by atoms with E-state index in [0.717, 1.165) is 25.7 Å². The summed E-state index contributed by atoms with van der Waals surface area (Å²) >= 11 is 20.6. The summed E-state index contributed by atoms with van der Waals surface area (Å²) in [4.78, 5) is 11.9. The van der Waals surface area contributed by atoms with Gasteiger partial charge in [-0.1, -0.05) is 95.6 Å². The number of hydrogen-bond donors (Lipinski definition) is 0. The number of carbonyl (C=O) groups excluding carboxylic acids is 1. The molecular formula is C11H16Br6O3. The molecule has 9 heteroatoms. The first kappa shape index (κ1) is 22.1. The Hall–Kier alpha value is 2.15. The SMILES string of the molecule is O=C(OCCC(Br)CC(Br)Br)OCCC(Br)CC(Br)Br. The first-order valence-corrected chi connectivity index (χ1v) is 11.4. The van der Waals surface area contributed by atoms with E-state index in [1.807, 2.05) is 0 Å². The van der Waals surface area contributed by atoms with Crippen LogP contribution < -0.4 is 0 Å². The maximum Gasteiger partial charge on any atom is 0.508 e. The van der Waals surface area contributed by atoms with Gasteiger partial charge in [0, 0.05) is 9.65 Å². The van der Waals surface area contributed by atoms with Crippen LogP contribution >= 0.6 is 95.6 Å². The first-order chi connectivity index (χ1) is 9.31. The maximum atomic E-state index is 11.3. The highest BCUT2D eigenvalue weighted by Gasteiger charge is 2.12. The topological polar surface area (TPSA) is 35.5 Å². The van der Waals surface area contributed by atoms with Crippen molar-refractivity contribution in [1.29, 1.82) is 0 Å². The summed E-state index contributed by atoms with van der Waals surface area (Å²) in [7, 11) is 0. The molecule has 0 aromatic heterocycles. The minimum Gasteiger partial charge on any atom is -0.434 e. The second-order valence-corrected chi connectivity index (χ2v) is 13.4. The summed E-state index contributed by atoms with van der Waals surface area (Å²) in [6, 6.07) is 0. The smallest absolute Gasteiger partial charge is 0.434 e. The maximum absolute atomic E-state index is 11.3. The van der Waals surface area contributed by atoms with Crippen molar-refractivity contribution in [3.8, 4) is 0 Å². The highest BCUT2D eigenvalue weighted by Crippen LogP contribution is 2.22. The predicted molar refractivity (Wildman–Crippen MR) is 104 cm³/mol. The van der Waals surface area contributed by atoms with Crippen molar-refractivity contribution in [3.05, 3.63) is 0 Å². The largest absolute Gasteiger partial charge is 0.508 e. The number of hydrogen-bond acceptors (Lipinski definition) is 3. The third-order valence-corrected chi connectivity index (χ3v) is 5.33. The molecule has 0 saturated heterocycles. The lowest BCUT2D eigenvalue weighted by Crippen LogP contribution is -2.15. The Morgan fingerprint density at radius 3 is 1.40 bits per heavy atom. The van der Waals surface area contributed by atoms with E-state index in [1.165, 1.54) is 0 Å². The third kappa shape index (κ3) is 15.1. The predicted octanol–water partition coefficient (Wildman–Crippen LogP) is 6.46. The Morgan fingerprint density at radius 1 is 0.750 bits per heavy atom. The number of ether oxygens (including phenoxy) is 2. The fourth-order valence-corrected chi connectivity index (χ4v) is 6.14. The van der Waals surface area contributed by atoms with Gasteiger partial charge in [0.15, 0.2) is 0 Å². The molecule has 0 aliphatic rings. The van der Waals surface area contributed by atoms with Crippen LogP contribution in [-0.2, 0) is 9.47 Å². The molecule has 0 amide bonds. The van der Waals surface area contributed by atoms with Gasteiger partial charge in [-0.2, -0.15) is 0 Å². The third-order valence-electron chi connectivity index (χ3n) is 2.17. The van der Waals surface area contributed by atoms with Gasteiger partial charge in [0.05, 0.1) is 20.7 Å². The molecule has 0 bridgehead atoms. The number of rotatable bonds is 10. The minimum atomic E-state index is -0.604. The van der Waals surface area contributed by atoms with Crippen LogP contribution in [0, 0.1) is 0 Å². The molecule has 0 fully saturated rings. The molecule has 0 aliphatic carbocycles. The van der Waals surface area contributed by atoms with Gasteiger partial charge in [-0.25, -0.2) is 4.79 Å². The second-order valence-electron chi connectivity index (χ2n) is 3.97. The summed E-state index contributed by atoms with van der Waals surface area (Å²) in [5.41, 5.74) is 0. The van der Waals surface area contributed by atoms with E-state index in [0.29, 0.717) is 22.9 Å². The summed E-state index contributed by atoms with van der Waals surface area (Å²) in [6.45, 7) is 0.703. The molecule has 2 atom stereocenters. The average molecular weight is 676 g/mol. The molecule has 0 N–H and O–H groups in total. The Bertz CT molecular complexity index is 241. The van der Waals surface area contributed by atoms with Crippen LogP contribution in [0.1, 0.15) is 25.7 Å². The molecule has 0 aliphatic heterocycles. The Morgan fingerprint density at radius 2 is 1.10 bits per heavy atom. The van der Waals surface area contributed by atoms with E-state index in [-0.39, 0.29) is 7.47 Å². The summed E-state index contributed by atoms with van der Waals surface area (Å²) < 4.78 is 10.5. The number of alkyl halides is 6. The van der Waals surface area contributed by atoms with Crippen molar-refractivity contribution < 1.29 is 14.3 Å². The summed E-state index contributed by atoms with van der Waals surface area (Å²) in [5, 5.41) is 0. The molecule has 0 spiro atoms. The van der Waals surface area contributed by atoms with Crippen molar-refractivity contribution in [1.82, 2.24) is 0 Å². The lowest BCUT2D eigenvalue weighted by atomic mass is 10.3. The molecule has 2 unspecified atom stereocenters. The summed E-state index contributed by atoms with van der Waals surface area (Å²) in [5.74, 6) is 0. The first-order valence-electron chi connectivity index (χ1n) is 5.95. The van der Waals surface area contributed by atoms with Gasteiger partial charge < -0.3 is 9.47 Å². The average Bonchev–Trinajstić information content (AvgIpc) is 2.26. The van der Waals surface area contributed by atoms with Crippen LogP contribution in [-0.4, -0.2) is 36.5 Å². The van der Waals surface area contributed by atoms with E-state index >= 15 is 0 Å². The zero-order valence-electron chi connectivity index (χ0n) is 10.5. The van der Waals surface area contributed by atoms with E-state index in [1.54, 1.807) is 0 Å². The fourth-order valence-electron chi connectivity index (χ4n) is 1.20. The van der Waals surface area contributed by atoms with E-state index in [2.05, 4.69) is 95.6 Å². The van der Waals surface area contributed by atoms with Crippen molar-refractivity contribution in [2.75, 3.05) is 13.2 Å². The van der Waals surface area contributed by atoms with Crippen LogP contribution in [0.5, 0.6) is 0 Å². The Kier molecular flexibility index (Phi) is 15.0. The van der Waals surface area contributed by atoms with Crippen molar-refractivity contribution in [2.45, 2.75) is 42.8 Å². The lowest BCUT2D eigenvalue weighted by molar-refractivity contribution is 0.0538. The molecule has 0 aromatic rings. The highest BCUT2D eigenvalue weighted by molar-refractivity contribution is 9.25. The van der Waals surface area contributed by atoms with Crippen molar-refractivity contribution >= 4 is 102 Å². The van der Waals surface area contributed by atoms with Gasteiger partial charge in [0.2, 0.25) is 0 Å². The zero-order valence-corrected chi connectivity index (χ0v) is 20.1. The molecular weight excluding hydrogens is 660 g/mol. The second kappa shape index (κ2) is 13.6. The molecule has 0 rings (SSSR count). The van der Waals surface area contributed by atoms with Crippen molar-refractivity contribution in [2.24, 2.45) is 0 Å².